The van der Waals surface area contributed by atoms with Gasteiger partial charge in [-0.2, -0.15) is 0 Å². The second-order valence-corrected chi connectivity index (χ2v) is 10.7. The number of alkyl halides is 1. The average molecular weight is 662 g/mol. The van der Waals surface area contributed by atoms with Gasteiger partial charge in [-0.25, -0.2) is 9.59 Å². The van der Waals surface area contributed by atoms with Gasteiger partial charge >= 0.3 is 12.2 Å². The quantitative estimate of drug-likeness (QED) is 0.166. The first-order chi connectivity index (χ1) is 18.0. The third-order valence-electron chi connectivity index (χ3n) is 5.27. The molecule has 212 valence electrons. The molecule has 11 heteroatoms. The molecule has 0 aliphatic heterocycles. The Kier molecular flexibility index (Phi) is 16.2. The third-order valence-corrected chi connectivity index (χ3v) is 6.27. The van der Waals surface area contributed by atoms with Crippen LogP contribution >= 0.6 is 32.2 Å². The Hall–Kier alpha value is -2.18. The first kappa shape index (κ1) is 33.8. The van der Waals surface area contributed by atoms with E-state index in [9.17, 15) is 19.8 Å². The molecule has 0 saturated carbocycles. The van der Waals surface area contributed by atoms with Crippen LogP contribution in [0.25, 0.3) is 0 Å². The minimum Gasteiger partial charge on any atom is -0.445 e. The lowest BCUT2D eigenvalue weighted by molar-refractivity contribution is -0.00968. The average Bonchev–Trinajstić information content (AvgIpc) is 2.90. The van der Waals surface area contributed by atoms with Gasteiger partial charge in [0.15, 0.2) is 0 Å². The lowest BCUT2D eigenvalue weighted by Gasteiger charge is -2.31. The van der Waals surface area contributed by atoms with Gasteiger partial charge in [0, 0.05) is 11.4 Å². The molecule has 0 aliphatic rings. The number of rotatable bonds is 12. The van der Waals surface area contributed by atoms with Crippen LogP contribution in [0.1, 0.15) is 44.7 Å². The van der Waals surface area contributed by atoms with Gasteiger partial charge in [0.2, 0.25) is 0 Å². The zero-order chi connectivity index (χ0) is 28.6. The summed E-state index contributed by atoms with van der Waals surface area (Å²) >= 11 is 5.38. The molecule has 0 aromatic heterocycles. The van der Waals surface area contributed by atoms with Crippen molar-refractivity contribution in [2.75, 3.05) is 6.54 Å². The highest BCUT2D eigenvalue weighted by atomic mass is 79.9. The highest BCUT2D eigenvalue weighted by Crippen LogP contribution is 2.20. The van der Waals surface area contributed by atoms with Crippen molar-refractivity contribution in [1.82, 2.24) is 10.6 Å². The number of aliphatic hydroxyl groups excluding tert-OH is 2. The Morgan fingerprint density at radius 2 is 1.45 bits per heavy atom. The fourth-order valence-electron chi connectivity index (χ4n) is 3.47. The maximum Gasteiger partial charge on any atom is 0.407 e. The van der Waals surface area contributed by atoms with Gasteiger partial charge in [0.05, 0.1) is 28.4 Å². The van der Waals surface area contributed by atoms with Crippen LogP contribution in [0.3, 0.4) is 0 Å². The van der Waals surface area contributed by atoms with E-state index in [0.717, 1.165) is 11.1 Å². The number of ether oxygens (including phenoxy) is 2. The predicted octanol–water partition coefficient (Wildman–Crippen LogP) is 4.60. The van der Waals surface area contributed by atoms with Crippen molar-refractivity contribution in [3.05, 3.63) is 71.8 Å². The Labute approximate surface area is 241 Å². The summed E-state index contributed by atoms with van der Waals surface area (Å²) in [6.07, 6.45) is -2.28. The van der Waals surface area contributed by atoms with E-state index in [4.69, 9.17) is 13.7 Å². The Balaban J connectivity index is 0.00000352. The molecule has 0 heterocycles. The molecule has 5 N–H and O–H groups in total. The number of nitrogens with one attached hydrogen (secondary N) is 2. The molecule has 2 amide bonds. The van der Waals surface area contributed by atoms with Crippen LogP contribution in [0.15, 0.2) is 60.7 Å². The molecule has 2 aromatic rings. The summed E-state index contributed by atoms with van der Waals surface area (Å²) in [5.74, 6) is 0. The van der Waals surface area contributed by atoms with Crippen molar-refractivity contribution in [1.29, 1.82) is 0 Å². The fraction of sp³-hybridized carbons (Fsp3) is 0.481. The standard InChI is InChI=1S/C27H37BrN2O6.BrHO/c1-27(2,3)36-26(34)30-22(17-19-11-6-4-7-12-19)24(32)23(31)21(28)15-10-16-29-25(33)35-18-20-13-8-5-9-14-20;1-2/h4-9,11-14,21-24,31-32H,10,15-18H2,1-3H3,(H,29,33)(H,30,34);2H/t21-,22+,23+,24-;/m1./s1. The zero-order valence-corrected chi connectivity index (χ0v) is 25.0. The van der Waals surface area contributed by atoms with Gasteiger partial charge in [0.25, 0.3) is 0 Å². The zero-order valence-electron chi connectivity index (χ0n) is 21.8. The molecule has 0 unspecified atom stereocenters. The minimum atomic E-state index is -1.26. The molecule has 0 spiro atoms. The highest BCUT2D eigenvalue weighted by Gasteiger charge is 2.33. The number of hydrogen-bond acceptors (Lipinski definition) is 7. The van der Waals surface area contributed by atoms with Crippen LogP contribution in [0, 0.1) is 0 Å². The molecule has 4 atom stereocenters. The molecular formula is C27H38Br2N2O7. The number of aliphatic hydroxyl groups is 2. The van der Waals surface area contributed by atoms with Gasteiger partial charge in [-0.05, 0) is 51.2 Å². The van der Waals surface area contributed by atoms with E-state index in [2.05, 4.69) is 26.6 Å². The topological polar surface area (TPSA) is 137 Å². The number of hydrogen-bond donors (Lipinski definition) is 5. The summed E-state index contributed by atoms with van der Waals surface area (Å²) in [5, 5.41) is 27.1. The summed E-state index contributed by atoms with van der Waals surface area (Å²) in [5.41, 5.74) is 1.10. The Morgan fingerprint density at radius 1 is 0.895 bits per heavy atom. The third kappa shape index (κ3) is 14.1. The fourth-order valence-corrected chi connectivity index (χ4v) is 4.10. The van der Waals surface area contributed by atoms with E-state index in [0.29, 0.717) is 25.8 Å². The van der Waals surface area contributed by atoms with Crippen LogP contribution in [-0.4, -0.2) is 61.8 Å². The molecule has 9 nitrogen and oxygen atoms in total. The molecular weight excluding hydrogens is 624 g/mol. The lowest BCUT2D eigenvalue weighted by Crippen LogP contribution is -2.53. The second-order valence-electron chi connectivity index (χ2n) is 9.57. The number of benzene rings is 2. The van der Waals surface area contributed by atoms with Crippen molar-refractivity contribution >= 4 is 44.4 Å². The Bertz CT molecular complexity index is 930. The molecule has 0 saturated heterocycles. The van der Waals surface area contributed by atoms with Crippen molar-refractivity contribution in [3.8, 4) is 0 Å². The molecule has 38 heavy (non-hydrogen) atoms. The monoisotopic (exact) mass is 660 g/mol. The van der Waals surface area contributed by atoms with Gasteiger partial charge < -0.3 is 34.5 Å². The largest absolute Gasteiger partial charge is 0.445 e. The number of carbonyl (C=O) groups excluding carboxylic acids is 2. The maximum atomic E-state index is 12.4. The summed E-state index contributed by atoms with van der Waals surface area (Å²) in [6, 6.07) is 18.0. The SMILES string of the molecule is CC(C)(C)OC(=O)N[C@@H](Cc1ccccc1)[C@@H](O)[C@@H](O)[C@H](Br)CCCNC(=O)OCc1ccccc1.OBr. The summed E-state index contributed by atoms with van der Waals surface area (Å²) in [7, 11) is 0. The van der Waals surface area contributed by atoms with Crippen molar-refractivity contribution in [3.63, 3.8) is 0 Å². The molecule has 0 fully saturated rings. The van der Waals surface area contributed by atoms with E-state index in [-0.39, 0.29) is 6.61 Å². The molecule has 0 radical (unpaired) electrons. The number of carbonyl (C=O) groups is 2. The van der Waals surface area contributed by atoms with E-state index in [1.807, 2.05) is 76.9 Å². The first-order valence-corrected chi connectivity index (χ1v) is 13.8. The van der Waals surface area contributed by atoms with Crippen LogP contribution < -0.4 is 10.6 Å². The van der Waals surface area contributed by atoms with Crippen molar-refractivity contribution in [2.45, 2.75) is 75.3 Å². The summed E-state index contributed by atoms with van der Waals surface area (Å²) < 4.78 is 17.3. The number of amides is 2. The van der Waals surface area contributed by atoms with E-state index >= 15 is 0 Å². The van der Waals surface area contributed by atoms with Crippen LogP contribution in [0.2, 0.25) is 0 Å². The highest BCUT2D eigenvalue weighted by molar-refractivity contribution is 9.09. The van der Waals surface area contributed by atoms with Crippen molar-refractivity contribution in [2.24, 2.45) is 0 Å². The van der Waals surface area contributed by atoms with E-state index < -0.39 is 40.9 Å². The van der Waals surface area contributed by atoms with Gasteiger partial charge in [-0.3, -0.25) is 0 Å². The number of alkyl carbamates (subject to hydrolysis) is 2. The maximum absolute atomic E-state index is 12.4. The lowest BCUT2D eigenvalue weighted by atomic mass is 9.95. The molecule has 2 aromatic carbocycles. The van der Waals surface area contributed by atoms with Gasteiger partial charge in [-0.1, -0.05) is 76.6 Å². The van der Waals surface area contributed by atoms with Crippen LogP contribution in [0.4, 0.5) is 9.59 Å². The van der Waals surface area contributed by atoms with Gasteiger partial charge in [-0.15, -0.1) is 0 Å². The minimum absolute atomic E-state index is 0.187. The normalized spacial score (nSPS) is 14.1. The summed E-state index contributed by atoms with van der Waals surface area (Å²) in [6.45, 7) is 5.80. The number of halogens is 2. The molecule has 2 rings (SSSR count). The van der Waals surface area contributed by atoms with Gasteiger partial charge in [0.1, 0.15) is 18.3 Å². The first-order valence-electron chi connectivity index (χ1n) is 12.2. The Morgan fingerprint density at radius 3 is 2.00 bits per heavy atom. The second kappa shape index (κ2) is 18.2. The smallest absolute Gasteiger partial charge is 0.407 e. The van der Waals surface area contributed by atoms with Crippen molar-refractivity contribution < 1.29 is 33.5 Å². The van der Waals surface area contributed by atoms with E-state index in [1.54, 1.807) is 20.8 Å². The molecule has 0 aliphatic carbocycles. The van der Waals surface area contributed by atoms with E-state index in [1.165, 1.54) is 0 Å². The predicted molar refractivity (Wildman–Crippen MR) is 153 cm³/mol. The van der Waals surface area contributed by atoms with Crippen LogP contribution in [-0.2, 0) is 22.5 Å². The summed E-state index contributed by atoms with van der Waals surface area (Å²) in [4.78, 5) is 23.8. The molecule has 0 bridgehead atoms. The van der Waals surface area contributed by atoms with Crippen LogP contribution in [0.5, 0.6) is 0 Å².